The number of amides is 1. The van der Waals surface area contributed by atoms with Gasteiger partial charge in [0.15, 0.2) is 0 Å². The highest BCUT2D eigenvalue weighted by atomic mass is 16.2. The average molecular weight is 144 g/mol. The van der Waals surface area contributed by atoms with Crippen LogP contribution in [0.4, 0.5) is 0 Å². The fraction of sp³-hybridized carbons (Fsp3) is 0.667. The maximum absolute atomic E-state index is 10.6. The summed E-state index contributed by atoms with van der Waals surface area (Å²) >= 11 is 0. The Labute approximate surface area is 60.0 Å². The van der Waals surface area contributed by atoms with Gasteiger partial charge in [-0.2, -0.15) is 0 Å². The standard InChI is InChI=1S/C6H12N2O2/c1-2-7-5-6(10)8-3-4-9/h4,7H,2-3,5H2,1H3,(H,8,10). The molecule has 0 aromatic heterocycles. The smallest absolute Gasteiger partial charge is 0.234 e. The van der Waals surface area contributed by atoms with Crippen molar-refractivity contribution in [3.8, 4) is 0 Å². The van der Waals surface area contributed by atoms with Crippen LogP contribution in [0.5, 0.6) is 0 Å². The summed E-state index contributed by atoms with van der Waals surface area (Å²) in [6.07, 6.45) is 0.657. The third kappa shape index (κ3) is 5.24. The van der Waals surface area contributed by atoms with Crippen molar-refractivity contribution >= 4 is 12.2 Å². The van der Waals surface area contributed by atoms with Crippen molar-refractivity contribution in [1.82, 2.24) is 10.6 Å². The predicted octanol–water partition coefficient (Wildman–Crippen LogP) is -1.09. The van der Waals surface area contributed by atoms with Crippen LogP contribution in [0.15, 0.2) is 0 Å². The van der Waals surface area contributed by atoms with Crippen LogP contribution in [0.1, 0.15) is 6.92 Å². The van der Waals surface area contributed by atoms with Gasteiger partial charge in [-0.1, -0.05) is 6.92 Å². The largest absolute Gasteiger partial charge is 0.348 e. The number of likely N-dealkylation sites (N-methyl/N-ethyl adjacent to an activating group) is 1. The number of nitrogens with one attached hydrogen (secondary N) is 2. The molecule has 0 spiro atoms. The molecule has 0 aromatic rings. The normalized spacial score (nSPS) is 8.90. The van der Waals surface area contributed by atoms with E-state index in [2.05, 4.69) is 10.6 Å². The maximum atomic E-state index is 10.6. The van der Waals surface area contributed by atoms with E-state index in [0.717, 1.165) is 6.54 Å². The van der Waals surface area contributed by atoms with Crippen molar-refractivity contribution in [1.29, 1.82) is 0 Å². The molecule has 0 radical (unpaired) electrons. The van der Waals surface area contributed by atoms with E-state index >= 15 is 0 Å². The molecule has 0 aliphatic heterocycles. The molecule has 0 heterocycles. The molecule has 0 saturated carbocycles. The monoisotopic (exact) mass is 144 g/mol. The van der Waals surface area contributed by atoms with Crippen LogP contribution in [0.2, 0.25) is 0 Å². The molecule has 0 bridgehead atoms. The van der Waals surface area contributed by atoms with Gasteiger partial charge in [0, 0.05) is 0 Å². The number of hydrogen-bond acceptors (Lipinski definition) is 3. The molecule has 0 aliphatic carbocycles. The topological polar surface area (TPSA) is 58.2 Å². The van der Waals surface area contributed by atoms with Crippen LogP contribution in [0, 0.1) is 0 Å². The molecule has 2 N–H and O–H groups in total. The summed E-state index contributed by atoms with van der Waals surface area (Å²) < 4.78 is 0. The Morgan fingerprint density at radius 3 is 2.80 bits per heavy atom. The van der Waals surface area contributed by atoms with Crippen molar-refractivity contribution in [2.45, 2.75) is 6.92 Å². The molecule has 0 fully saturated rings. The van der Waals surface area contributed by atoms with Gasteiger partial charge in [-0.15, -0.1) is 0 Å². The fourth-order valence-electron chi connectivity index (χ4n) is 0.457. The first-order chi connectivity index (χ1) is 4.81. The molecule has 0 atom stereocenters. The Balaban J connectivity index is 3.16. The second-order valence-corrected chi connectivity index (χ2v) is 1.75. The summed E-state index contributed by atoms with van der Waals surface area (Å²) in [5, 5.41) is 5.23. The van der Waals surface area contributed by atoms with E-state index in [1.54, 1.807) is 0 Å². The summed E-state index contributed by atoms with van der Waals surface area (Å²) in [4.78, 5) is 20.4. The predicted molar refractivity (Wildman–Crippen MR) is 37.6 cm³/mol. The van der Waals surface area contributed by atoms with E-state index in [9.17, 15) is 9.59 Å². The molecule has 0 aromatic carbocycles. The lowest BCUT2D eigenvalue weighted by Gasteiger charge is -1.99. The summed E-state index contributed by atoms with van der Waals surface area (Å²) in [7, 11) is 0. The highest BCUT2D eigenvalue weighted by Crippen LogP contribution is 1.61. The lowest BCUT2D eigenvalue weighted by Crippen LogP contribution is -2.34. The SMILES string of the molecule is CCNCC(=O)NCC=O. The first-order valence-corrected chi connectivity index (χ1v) is 3.22. The molecule has 1 amide bonds. The summed E-state index contributed by atoms with van der Waals surface area (Å²) in [6, 6.07) is 0. The number of hydrogen-bond donors (Lipinski definition) is 2. The van der Waals surface area contributed by atoms with Crippen molar-refractivity contribution in [3.63, 3.8) is 0 Å². The van der Waals surface area contributed by atoms with Gasteiger partial charge in [-0.25, -0.2) is 0 Å². The lowest BCUT2D eigenvalue weighted by atomic mass is 10.5. The Morgan fingerprint density at radius 2 is 2.30 bits per heavy atom. The van der Waals surface area contributed by atoms with Crippen LogP contribution in [-0.4, -0.2) is 31.8 Å². The summed E-state index contributed by atoms with van der Waals surface area (Å²) in [6.45, 7) is 3.05. The van der Waals surface area contributed by atoms with E-state index in [1.807, 2.05) is 6.92 Å². The van der Waals surface area contributed by atoms with Gasteiger partial charge in [0.25, 0.3) is 0 Å². The van der Waals surface area contributed by atoms with E-state index in [0.29, 0.717) is 6.29 Å². The maximum Gasteiger partial charge on any atom is 0.234 e. The van der Waals surface area contributed by atoms with E-state index < -0.39 is 0 Å². The molecule has 10 heavy (non-hydrogen) atoms. The van der Waals surface area contributed by atoms with E-state index in [-0.39, 0.29) is 19.0 Å². The number of aldehydes is 1. The van der Waals surface area contributed by atoms with Gasteiger partial charge in [-0.3, -0.25) is 4.79 Å². The van der Waals surface area contributed by atoms with Gasteiger partial charge in [0.2, 0.25) is 5.91 Å². The molecule has 0 unspecified atom stereocenters. The van der Waals surface area contributed by atoms with Gasteiger partial charge >= 0.3 is 0 Å². The lowest BCUT2D eigenvalue weighted by molar-refractivity contribution is -0.121. The molecule has 4 heteroatoms. The Kier molecular flexibility index (Phi) is 5.66. The summed E-state index contributed by atoms with van der Waals surface area (Å²) in [5.74, 6) is -0.144. The molecular weight excluding hydrogens is 132 g/mol. The zero-order chi connectivity index (χ0) is 7.82. The Bertz CT molecular complexity index is 114. The van der Waals surface area contributed by atoms with Crippen molar-refractivity contribution in [3.05, 3.63) is 0 Å². The Hall–Kier alpha value is -0.900. The zero-order valence-corrected chi connectivity index (χ0v) is 6.02. The van der Waals surface area contributed by atoms with Gasteiger partial charge in [0.05, 0.1) is 13.1 Å². The molecular formula is C6H12N2O2. The first-order valence-electron chi connectivity index (χ1n) is 3.22. The fourth-order valence-corrected chi connectivity index (χ4v) is 0.457. The first kappa shape index (κ1) is 9.10. The minimum atomic E-state index is -0.144. The van der Waals surface area contributed by atoms with Crippen molar-refractivity contribution in [2.75, 3.05) is 19.6 Å². The highest BCUT2D eigenvalue weighted by Gasteiger charge is 1.95. The summed E-state index contributed by atoms with van der Waals surface area (Å²) in [5.41, 5.74) is 0. The van der Waals surface area contributed by atoms with Gasteiger partial charge in [0.1, 0.15) is 6.29 Å². The zero-order valence-electron chi connectivity index (χ0n) is 6.02. The van der Waals surface area contributed by atoms with Crippen molar-refractivity contribution < 1.29 is 9.59 Å². The van der Waals surface area contributed by atoms with Crippen LogP contribution in [0.25, 0.3) is 0 Å². The third-order valence-electron chi connectivity index (χ3n) is 0.918. The van der Waals surface area contributed by atoms with Crippen LogP contribution in [-0.2, 0) is 9.59 Å². The minimum absolute atomic E-state index is 0.101. The molecule has 4 nitrogen and oxygen atoms in total. The number of carbonyl (C=O) groups is 2. The molecule has 0 rings (SSSR count). The molecule has 58 valence electrons. The Morgan fingerprint density at radius 1 is 1.60 bits per heavy atom. The average Bonchev–Trinajstić information content (AvgIpc) is 1.97. The van der Waals surface area contributed by atoms with Crippen molar-refractivity contribution in [2.24, 2.45) is 0 Å². The minimum Gasteiger partial charge on any atom is -0.348 e. The van der Waals surface area contributed by atoms with Crippen LogP contribution < -0.4 is 10.6 Å². The van der Waals surface area contributed by atoms with Gasteiger partial charge in [-0.05, 0) is 6.54 Å². The van der Waals surface area contributed by atoms with Crippen LogP contribution in [0.3, 0.4) is 0 Å². The molecule has 0 aliphatic rings. The van der Waals surface area contributed by atoms with E-state index in [4.69, 9.17) is 0 Å². The number of carbonyl (C=O) groups excluding carboxylic acids is 2. The third-order valence-corrected chi connectivity index (χ3v) is 0.918. The second-order valence-electron chi connectivity index (χ2n) is 1.75. The highest BCUT2D eigenvalue weighted by molar-refractivity contribution is 5.79. The van der Waals surface area contributed by atoms with Gasteiger partial charge < -0.3 is 15.4 Å². The van der Waals surface area contributed by atoms with Crippen LogP contribution >= 0.6 is 0 Å². The second kappa shape index (κ2) is 6.22. The quantitative estimate of drug-likeness (QED) is 0.482. The number of rotatable bonds is 5. The van der Waals surface area contributed by atoms with E-state index in [1.165, 1.54) is 0 Å². The molecule has 0 saturated heterocycles.